The fourth-order valence-electron chi connectivity index (χ4n) is 3.50. The third-order valence-corrected chi connectivity index (χ3v) is 4.89. The summed E-state index contributed by atoms with van der Waals surface area (Å²) in [6.07, 6.45) is 2.61. The number of rotatable bonds is 2. The molecular weight excluding hydrogens is 356 g/mol. The van der Waals surface area contributed by atoms with Crippen LogP contribution in [0.25, 0.3) is 22.6 Å². The Kier molecular flexibility index (Phi) is 4.31. The standard InChI is InChI=1S/C18H17F2N5O2/c1-24-15-13(20)12(19)14(11-4-2-3-7-22-11)23-16(15)25(18(27)17(24)26)10-5-8-21-9-6-10/h2-4,7,10,21H,5-6,8-9H2,1H3. The maximum Gasteiger partial charge on any atom is 0.318 e. The Morgan fingerprint density at radius 3 is 2.52 bits per heavy atom. The van der Waals surface area contributed by atoms with Gasteiger partial charge in [-0.15, -0.1) is 0 Å². The summed E-state index contributed by atoms with van der Waals surface area (Å²) in [6, 6.07) is 4.47. The minimum Gasteiger partial charge on any atom is -0.317 e. The molecule has 4 heterocycles. The molecule has 3 aromatic rings. The normalized spacial score (nSPS) is 15.4. The summed E-state index contributed by atoms with van der Waals surface area (Å²) in [5, 5.41) is 3.17. The first-order valence-corrected chi connectivity index (χ1v) is 8.63. The number of nitrogens with one attached hydrogen (secondary N) is 1. The molecule has 0 saturated carbocycles. The Bertz CT molecular complexity index is 1130. The van der Waals surface area contributed by atoms with Gasteiger partial charge in [-0.3, -0.25) is 19.1 Å². The van der Waals surface area contributed by atoms with Crippen LogP contribution in [0.15, 0.2) is 34.0 Å². The molecule has 0 aromatic carbocycles. The molecule has 3 aromatic heterocycles. The Morgan fingerprint density at radius 1 is 1.11 bits per heavy atom. The van der Waals surface area contributed by atoms with Gasteiger partial charge < -0.3 is 9.88 Å². The van der Waals surface area contributed by atoms with Crippen molar-refractivity contribution in [1.82, 2.24) is 24.4 Å². The van der Waals surface area contributed by atoms with E-state index in [9.17, 15) is 18.4 Å². The molecule has 1 saturated heterocycles. The highest BCUT2D eigenvalue weighted by molar-refractivity contribution is 5.76. The molecule has 4 rings (SSSR count). The van der Waals surface area contributed by atoms with Crippen LogP contribution >= 0.6 is 0 Å². The summed E-state index contributed by atoms with van der Waals surface area (Å²) in [5.41, 5.74) is -2.21. The quantitative estimate of drug-likeness (QED) is 0.686. The van der Waals surface area contributed by atoms with E-state index in [0.29, 0.717) is 25.9 Å². The lowest BCUT2D eigenvalue weighted by molar-refractivity contribution is 0.364. The van der Waals surface area contributed by atoms with Crippen LogP contribution in [-0.4, -0.2) is 32.2 Å². The molecule has 1 N–H and O–H groups in total. The number of aromatic nitrogens is 4. The predicted octanol–water partition coefficient (Wildman–Crippen LogP) is 1.36. The minimum absolute atomic E-state index is 0.0476. The van der Waals surface area contributed by atoms with Crippen molar-refractivity contribution in [3.05, 3.63) is 56.7 Å². The van der Waals surface area contributed by atoms with E-state index >= 15 is 0 Å². The second-order valence-corrected chi connectivity index (χ2v) is 6.50. The average molecular weight is 373 g/mol. The van der Waals surface area contributed by atoms with Gasteiger partial charge in [0.05, 0.1) is 5.69 Å². The van der Waals surface area contributed by atoms with Crippen molar-refractivity contribution >= 4 is 11.2 Å². The molecule has 0 unspecified atom stereocenters. The number of piperidine rings is 1. The maximum atomic E-state index is 14.9. The van der Waals surface area contributed by atoms with Gasteiger partial charge in [-0.1, -0.05) is 6.07 Å². The zero-order valence-corrected chi connectivity index (χ0v) is 14.6. The van der Waals surface area contributed by atoms with Crippen molar-refractivity contribution in [3.63, 3.8) is 0 Å². The van der Waals surface area contributed by atoms with Crippen LogP contribution in [0.4, 0.5) is 8.78 Å². The molecule has 9 heteroatoms. The van der Waals surface area contributed by atoms with E-state index < -0.39 is 22.8 Å². The van der Waals surface area contributed by atoms with E-state index in [-0.39, 0.29) is 28.6 Å². The van der Waals surface area contributed by atoms with E-state index in [1.54, 1.807) is 12.1 Å². The molecule has 27 heavy (non-hydrogen) atoms. The number of pyridine rings is 2. The number of fused-ring (bicyclic) bond motifs is 1. The number of aryl methyl sites for hydroxylation is 1. The molecule has 1 fully saturated rings. The van der Waals surface area contributed by atoms with Crippen LogP contribution in [0.5, 0.6) is 0 Å². The van der Waals surface area contributed by atoms with E-state index in [0.717, 1.165) is 4.57 Å². The number of hydrogen-bond donors (Lipinski definition) is 1. The smallest absolute Gasteiger partial charge is 0.317 e. The molecule has 0 atom stereocenters. The van der Waals surface area contributed by atoms with Gasteiger partial charge in [-0.05, 0) is 38.1 Å². The Labute approximate surface area is 152 Å². The molecular formula is C18H17F2N5O2. The molecule has 7 nitrogen and oxygen atoms in total. The highest BCUT2D eigenvalue weighted by Gasteiger charge is 2.27. The fraction of sp³-hybridized carbons (Fsp3) is 0.333. The topological polar surface area (TPSA) is 81.8 Å². The van der Waals surface area contributed by atoms with Gasteiger partial charge >= 0.3 is 11.1 Å². The molecule has 0 spiro atoms. The Hall–Kier alpha value is -2.94. The van der Waals surface area contributed by atoms with E-state index in [1.807, 2.05) is 0 Å². The van der Waals surface area contributed by atoms with Gasteiger partial charge in [0.1, 0.15) is 11.2 Å². The van der Waals surface area contributed by atoms with Crippen LogP contribution in [0, 0.1) is 11.6 Å². The first kappa shape index (κ1) is 17.5. The molecule has 1 aliphatic rings. The van der Waals surface area contributed by atoms with Crippen LogP contribution < -0.4 is 16.4 Å². The molecule has 0 bridgehead atoms. The highest BCUT2D eigenvalue weighted by atomic mass is 19.2. The van der Waals surface area contributed by atoms with E-state index in [2.05, 4.69) is 15.3 Å². The zero-order chi connectivity index (χ0) is 19.1. The van der Waals surface area contributed by atoms with Gasteiger partial charge in [0.25, 0.3) is 0 Å². The lowest BCUT2D eigenvalue weighted by atomic mass is 10.1. The average Bonchev–Trinajstić information content (AvgIpc) is 2.70. The maximum absolute atomic E-state index is 14.9. The van der Waals surface area contributed by atoms with Crippen molar-refractivity contribution in [2.45, 2.75) is 18.9 Å². The van der Waals surface area contributed by atoms with Crippen molar-refractivity contribution in [3.8, 4) is 11.4 Å². The largest absolute Gasteiger partial charge is 0.318 e. The summed E-state index contributed by atoms with van der Waals surface area (Å²) in [6.45, 7) is 1.31. The lowest BCUT2D eigenvalue weighted by Crippen LogP contribution is -2.44. The third-order valence-electron chi connectivity index (χ3n) is 4.89. The number of hydrogen-bond acceptors (Lipinski definition) is 5. The molecule has 140 valence electrons. The molecule has 0 amide bonds. The van der Waals surface area contributed by atoms with Gasteiger partial charge in [-0.25, -0.2) is 13.8 Å². The minimum atomic E-state index is -1.22. The number of halogens is 2. The van der Waals surface area contributed by atoms with E-state index in [4.69, 9.17) is 0 Å². The van der Waals surface area contributed by atoms with Crippen molar-refractivity contribution in [2.75, 3.05) is 13.1 Å². The summed E-state index contributed by atoms with van der Waals surface area (Å²) < 4.78 is 31.7. The Balaban J connectivity index is 2.12. The Morgan fingerprint density at radius 2 is 1.85 bits per heavy atom. The van der Waals surface area contributed by atoms with Crippen LogP contribution in [-0.2, 0) is 7.05 Å². The molecule has 0 radical (unpaired) electrons. The monoisotopic (exact) mass is 373 g/mol. The van der Waals surface area contributed by atoms with Crippen LogP contribution in [0.3, 0.4) is 0 Å². The van der Waals surface area contributed by atoms with Gasteiger partial charge in [0, 0.05) is 19.3 Å². The van der Waals surface area contributed by atoms with Gasteiger partial charge in [-0.2, -0.15) is 0 Å². The second kappa shape index (κ2) is 6.66. The summed E-state index contributed by atoms with van der Waals surface area (Å²) in [5.74, 6) is -2.42. The van der Waals surface area contributed by atoms with Crippen molar-refractivity contribution in [2.24, 2.45) is 7.05 Å². The van der Waals surface area contributed by atoms with Gasteiger partial charge in [0.15, 0.2) is 17.3 Å². The SMILES string of the molecule is Cn1c(=O)c(=O)n(C2CCNCC2)c2nc(-c3ccccn3)c(F)c(F)c21. The molecule has 0 aliphatic carbocycles. The van der Waals surface area contributed by atoms with Crippen LogP contribution in [0.1, 0.15) is 18.9 Å². The van der Waals surface area contributed by atoms with Gasteiger partial charge in [0.2, 0.25) is 0 Å². The fourth-order valence-corrected chi connectivity index (χ4v) is 3.50. The van der Waals surface area contributed by atoms with Crippen LogP contribution in [0.2, 0.25) is 0 Å². The zero-order valence-electron chi connectivity index (χ0n) is 14.6. The summed E-state index contributed by atoms with van der Waals surface area (Å²) >= 11 is 0. The predicted molar refractivity (Wildman–Crippen MR) is 95.5 cm³/mol. The third kappa shape index (κ3) is 2.74. The summed E-state index contributed by atoms with van der Waals surface area (Å²) in [4.78, 5) is 33.3. The van der Waals surface area contributed by atoms with Crippen molar-refractivity contribution in [1.29, 1.82) is 0 Å². The second-order valence-electron chi connectivity index (χ2n) is 6.50. The number of nitrogens with zero attached hydrogens (tertiary/aromatic N) is 4. The first-order chi connectivity index (χ1) is 13.0. The lowest BCUT2D eigenvalue weighted by Gasteiger charge is -2.26. The van der Waals surface area contributed by atoms with E-state index in [1.165, 1.54) is 23.9 Å². The highest BCUT2D eigenvalue weighted by Crippen LogP contribution is 2.28. The molecule has 1 aliphatic heterocycles. The van der Waals surface area contributed by atoms with Crippen molar-refractivity contribution < 1.29 is 8.78 Å². The first-order valence-electron chi connectivity index (χ1n) is 8.63. The summed E-state index contributed by atoms with van der Waals surface area (Å²) in [7, 11) is 1.24.